The molecule has 1 atom stereocenters. The molecule has 0 amide bonds. The average molecular weight is 248 g/mol. The third-order valence-corrected chi connectivity index (χ3v) is 3.56. The van der Waals surface area contributed by atoms with E-state index < -0.39 is 0 Å². The highest BCUT2D eigenvalue weighted by Gasteiger charge is 2.23. The highest BCUT2D eigenvalue weighted by Crippen LogP contribution is 2.22. The summed E-state index contributed by atoms with van der Waals surface area (Å²) in [7, 11) is 0. The molecule has 18 heavy (non-hydrogen) atoms. The first-order chi connectivity index (χ1) is 8.74. The number of nitrogens with one attached hydrogen (secondary N) is 1. The number of rotatable bonds is 4. The number of aryl methyl sites for hydroxylation is 2. The molecule has 0 radical (unpaired) electrons. The maximum absolute atomic E-state index is 4.73. The van der Waals surface area contributed by atoms with Crippen LogP contribution >= 0.6 is 0 Å². The Labute approximate surface area is 110 Å². The lowest BCUT2D eigenvalue weighted by molar-refractivity contribution is 0.162. The van der Waals surface area contributed by atoms with Crippen molar-refractivity contribution < 1.29 is 0 Å². The van der Waals surface area contributed by atoms with Gasteiger partial charge in [-0.2, -0.15) is 0 Å². The van der Waals surface area contributed by atoms with Crippen molar-refractivity contribution in [2.75, 3.05) is 26.2 Å². The SMILES string of the molecule is CCc1cc(C)nc(C(CC)N2CCNCC2)n1. The number of piperazine rings is 1. The van der Waals surface area contributed by atoms with Crippen LogP contribution in [0.1, 0.15) is 43.5 Å². The molecular weight excluding hydrogens is 224 g/mol. The molecule has 2 heterocycles. The Hall–Kier alpha value is -1.00. The maximum atomic E-state index is 4.73. The van der Waals surface area contributed by atoms with Crippen molar-refractivity contribution in [3.8, 4) is 0 Å². The van der Waals surface area contributed by atoms with Crippen LogP contribution in [0.5, 0.6) is 0 Å². The second-order valence-corrected chi connectivity index (χ2v) is 4.92. The van der Waals surface area contributed by atoms with Gasteiger partial charge < -0.3 is 5.32 Å². The smallest absolute Gasteiger partial charge is 0.145 e. The van der Waals surface area contributed by atoms with Crippen LogP contribution in [0.3, 0.4) is 0 Å². The summed E-state index contributed by atoms with van der Waals surface area (Å²) >= 11 is 0. The minimum Gasteiger partial charge on any atom is -0.314 e. The molecule has 0 saturated carbocycles. The molecule has 1 aliphatic heterocycles. The fourth-order valence-corrected chi connectivity index (χ4v) is 2.59. The summed E-state index contributed by atoms with van der Waals surface area (Å²) < 4.78 is 0. The van der Waals surface area contributed by atoms with Crippen molar-refractivity contribution in [3.05, 3.63) is 23.3 Å². The van der Waals surface area contributed by atoms with E-state index in [0.29, 0.717) is 6.04 Å². The van der Waals surface area contributed by atoms with E-state index in [1.54, 1.807) is 0 Å². The molecule has 1 fully saturated rings. The Kier molecular flexibility index (Phi) is 4.66. The summed E-state index contributed by atoms with van der Waals surface area (Å²) in [5.41, 5.74) is 2.25. The van der Waals surface area contributed by atoms with Gasteiger partial charge in [0.05, 0.1) is 6.04 Å². The zero-order chi connectivity index (χ0) is 13.0. The second kappa shape index (κ2) is 6.25. The quantitative estimate of drug-likeness (QED) is 0.880. The molecule has 100 valence electrons. The molecular formula is C14H24N4. The summed E-state index contributed by atoms with van der Waals surface area (Å²) in [5.74, 6) is 1.01. The molecule has 1 N–H and O–H groups in total. The molecule has 2 rings (SSSR count). The van der Waals surface area contributed by atoms with E-state index in [1.165, 1.54) is 0 Å². The first-order valence-electron chi connectivity index (χ1n) is 7.03. The van der Waals surface area contributed by atoms with Gasteiger partial charge in [-0.1, -0.05) is 13.8 Å². The maximum Gasteiger partial charge on any atom is 0.145 e. The van der Waals surface area contributed by atoms with E-state index in [2.05, 4.69) is 42.0 Å². The van der Waals surface area contributed by atoms with E-state index in [-0.39, 0.29) is 0 Å². The molecule has 1 aromatic rings. The van der Waals surface area contributed by atoms with Crippen LogP contribution in [0.4, 0.5) is 0 Å². The van der Waals surface area contributed by atoms with Crippen molar-refractivity contribution in [3.63, 3.8) is 0 Å². The molecule has 0 aliphatic carbocycles. The Morgan fingerprint density at radius 2 is 2.00 bits per heavy atom. The van der Waals surface area contributed by atoms with Crippen molar-refractivity contribution in [1.29, 1.82) is 0 Å². The summed E-state index contributed by atoms with van der Waals surface area (Å²) in [6.45, 7) is 10.8. The Balaban J connectivity index is 2.22. The van der Waals surface area contributed by atoms with Crippen molar-refractivity contribution >= 4 is 0 Å². The lowest BCUT2D eigenvalue weighted by atomic mass is 10.1. The van der Waals surface area contributed by atoms with Gasteiger partial charge in [0.1, 0.15) is 5.82 Å². The van der Waals surface area contributed by atoms with Gasteiger partial charge in [0, 0.05) is 37.6 Å². The van der Waals surface area contributed by atoms with Crippen LogP contribution in [-0.4, -0.2) is 41.0 Å². The largest absolute Gasteiger partial charge is 0.314 e. The molecule has 1 aromatic heterocycles. The lowest BCUT2D eigenvalue weighted by Crippen LogP contribution is -2.45. The number of aromatic nitrogens is 2. The molecule has 4 heteroatoms. The molecule has 0 spiro atoms. The van der Waals surface area contributed by atoms with Gasteiger partial charge in [-0.25, -0.2) is 9.97 Å². The number of nitrogens with zero attached hydrogens (tertiary/aromatic N) is 3. The first-order valence-corrected chi connectivity index (χ1v) is 7.03. The summed E-state index contributed by atoms with van der Waals surface area (Å²) in [5, 5.41) is 3.40. The van der Waals surface area contributed by atoms with E-state index in [9.17, 15) is 0 Å². The highest BCUT2D eigenvalue weighted by atomic mass is 15.2. The predicted molar refractivity (Wildman–Crippen MR) is 73.6 cm³/mol. The third kappa shape index (κ3) is 3.06. The van der Waals surface area contributed by atoms with Crippen LogP contribution in [-0.2, 0) is 6.42 Å². The second-order valence-electron chi connectivity index (χ2n) is 4.92. The van der Waals surface area contributed by atoms with Gasteiger partial charge >= 0.3 is 0 Å². The molecule has 0 aromatic carbocycles. The molecule has 0 bridgehead atoms. The lowest BCUT2D eigenvalue weighted by Gasteiger charge is -2.33. The summed E-state index contributed by atoms with van der Waals surface area (Å²) in [6.07, 6.45) is 2.06. The normalized spacial score (nSPS) is 18.8. The van der Waals surface area contributed by atoms with E-state index in [1.807, 2.05) is 0 Å². The van der Waals surface area contributed by atoms with E-state index in [0.717, 1.165) is 56.2 Å². The minimum absolute atomic E-state index is 0.372. The van der Waals surface area contributed by atoms with Crippen molar-refractivity contribution in [2.45, 2.75) is 39.7 Å². The molecule has 4 nitrogen and oxygen atoms in total. The van der Waals surface area contributed by atoms with Crippen molar-refractivity contribution in [1.82, 2.24) is 20.2 Å². The van der Waals surface area contributed by atoms with Crippen molar-refractivity contribution in [2.24, 2.45) is 0 Å². The predicted octanol–water partition coefficient (Wildman–Crippen LogP) is 1.70. The fourth-order valence-electron chi connectivity index (χ4n) is 2.59. The summed E-state index contributed by atoms with van der Waals surface area (Å²) in [4.78, 5) is 11.9. The Morgan fingerprint density at radius 1 is 1.28 bits per heavy atom. The topological polar surface area (TPSA) is 41.1 Å². The standard InChI is InChI=1S/C14H24N4/c1-4-12-10-11(3)16-14(17-12)13(5-2)18-8-6-15-7-9-18/h10,13,15H,4-9H2,1-3H3. The Bertz CT molecular complexity index is 385. The van der Waals surface area contributed by atoms with Gasteiger partial charge in [-0.3, -0.25) is 4.90 Å². The van der Waals surface area contributed by atoms with Crippen LogP contribution < -0.4 is 5.32 Å². The third-order valence-electron chi connectivity index (χ3n) is 3.56. The van der Waals surface area contributed by atoms with E-state index >= 15 is 0 Å². The molecule has 1 saturated heterocycles. The number of hydrogen-bond donors (Lipinski definition) is 1. The zero-order valence-corrected chi connectivity index (χ0v) is 11.7. The molecule has 1 aliphatic rings. The van der Waals surface area contributed by atoms with Gasteiger partial charge in [0.15, 0.2) is 0 Å². The van der Waals surface area contributed by atoms with E-state index in [4.69, 9.17) is 4.98 Å². The van der Waals surface area contributed by atoms with Crippen LogP contribution in [0.15, 0.2) is 6.07 Å². The zero-order valence-electron chi connectivity index (χ0n) is 11.7. The Morgan fingerprint density at radius 3 is 2.61 bits per heavy atom. The fraction of sp³-hybridized carbons (Fsp3) is 0.714. The van der Waals surface area contributed by atoms with Crippen LogP contribution in [0.2, 0.25) is 0 Å². The molecule has 1 unspecified atom stereocenters. The van der Waals surface area contributed by atoms with Crippen LogP contribution in [0, 0.1) is 6.92 Å². The van der Waals surface area contributed by atoms with Gasteiger partial charge in [-0.15, -0.1) is 0 Å². The first kappa shape index (κ1) is 13.4. The van der Waals surface area contributed by atoms with Gasteiger partial charge in [0.25, 0.3) is 0 Å². The average Bonchev–Trinajstić information content (AvgIpc) is 2.40. The monoisotopic (exact) mass is 248 g/mol. The highest BCUT2D eigenvalue weighted by molar-refractivity contribution is 5.12. The van der Waals surface area contributed by atoms with Gasteiger partial charge in [0.2, 0.25) is 0 Å². The minimum atomic E-state index is 0.372. The van der Waals surface area contributed by atoms with Gasteiger partial charge in [-0.05, 0) is 25.8 Å². The number of hydrogen-bond acceptors (Lipinski definition) is 4. The van der Waals surface area contributed by atoms with Crippen LogP contribution in [0.25, 0.3) is 0 Å². The summed E-state index contributed by atoms with van der Waals surface area (Å²) in [6, 6.07) is 2.46.